The van der Waals surface area contributed by atoms with Gasteiger partial charge in [-0.15, -0.1) is 11.3 Å². The van der Waals surface area contributed by atoms with Crippen LogP contribution in [0.1, 0.15) is 30.9 Å². The molecule has 0 unspecified atom stereocenters. The van der Waals surface area contributed by atoms with E-state index in [0.717, 1.165) is 22.6 Å². The minimum absolute atomic E-state index is 0.00775. The van der Waals surface area contributed by atoms with Gasteiger partial charge in [-0.05, 0) is 55.3 Å². The van der Waals surface area contributed by atoms with Crippen molar-refractivity contribution in [2.45, 2.75) is 19.8 Å². The molecule has 0 saturated heterocycles. The first-order valence-electron chi connectivity index (χ1n) is 11.3. The topological polar surface area (TPSA) is 117 Å². The molecule has 0 radical (unpaired) electrons. The number of carbonyl (C=O) groups is 1. The highest BCUT2D eigenvalue weighted by molar-refractivity contribution is 7.07. The van der Waals surface area contributed by atoms with Gasteiger partial charge >= 0.3 is 5.97 Å². The molecule has 2 heterocycles. The summed E-state index contributed by atoms with van der Waals surface area (Å²) < 4.78 is 18.0. The zero-order valence-electron chi connectivity index (χ0n) is 20.1. The monoisotopic (exact) mass is 503 g/mol. The van der Waals surface area contributed by atoms with Crippen LogP contribution in [0.4, 0.5) is 0 Å². The smallest absolute Gasteiger partial charge is 0.337 e. The number of nitrogens with two attached hydrogens (primary N) is 1. The maximum atomic E-state index is 13.4. The number of methoxy groups -OCH3 is 1. The van der Waals surface area contributed by atoms with Crippen molar-refractivity contribution < 1.29 is 19.0 Å². The predicted octanol–water partition coefficient (Wildman–Crippen LogP) is 2.31. The maximum Gasteiger partial charge on any atom is 0.337 e. The second kappa shape index (κ2) is 10.5. The summed E-state index contributed by atoms with van der Waals surface area (Å²) in [7, 11) is 1.27. The maximum absolute atomic E-state index is 13.4. The lowest BCUT2D eigenvalue weighted by atomic mass is 9.84. The molecule has 0 aliphatic carbocycles. The van der Waals surface area contributed by atoms with Crippen LogP contribution in [0.2, 0.25) is 0 Å². The molecule has 0 fully saturated rings. The molecule has 1 atom stereocenters. The van der Waals surface area contributed by atoms with Crippen LogP contribution in [0, 0.1) is 11.3 Å². The van der Waals surface area contributed by atoms with E-state index in [1.165, 1.54) is 11.7 Å². The summed E-state index contributed by atoms with van der Waals surface area (Å²) in [5.74, 6) is -0.0625. The lowest BCUT2D eigenvalue weighted by Gasteiger charge is -2.24. The average Bonchev–Trinajstić information content (AvgIpc) is 3.21. The van der Waals surface area contributed by atoms with Crippen molar-refractivity contribution in [3.63, 3.8) is 0 Å². The van der Waals surface area contributed by atoms with E-state index in [0.29, 0.717) is 33.7 Å². The quantitative estimate of drug-likeness (QED) is 0.492. The number of carbonyl (C=O) groups excluding carboxylic acids is 1. The minimum atomic E-state index is -0.797. The molecule has 2 aromatic carbocycles. The van der Waals surface area contributed by atoms with Crippen molar-refractivity contribution in [2.75, 3.05) is 20.3 Å². The van der Waals surface area contributed by atoms with E-state index in [9.17, 15) is 14.9 Å². The van der Waals surface area contributed by atoms with Gasteiger partial charge in [0.25, 0.3) is 5.56 Å². The third-order valence-electron chi connectivity index (χ3n) is 5.69. The number of hydrogen-bond donors (Lipinski definition) is 1. The molecule has 1 aliphatic heterocycles. The molecular weight excluding hydrogens is 478 g/mol. The number of fused-ring (bicyclic) bond motifs is 1. The first kappa shape index (κ1) is 24.8. The van der Waals surface area contributed by atoms with Gasteiger partial charge in [-0.1, -0.05) is 24.3 Å². The van der Waals surface area contributed by atoms with E-state index < -0.39 is 17.4 Å². The van der Waals surface area contributed by atoms with Gasteiger partial charge in [0.1, 0.15) is 22.0 Å². The molecule has 0 saturated carbocycles. The zero-order valence-corrected chi connectivity index (χ0v) is 20.9. The van der Waals surface area contributed by atoms with Crippen molar-refractivity contribution >= 4 is 34.8 Å². The molecule has 0 amide bonds. The minimum Gasteiger partial charge on any atom is -0.494 e. The molecular formula is C27H25N3O5S. The van der Waals surface area contributed by atoms with Gasteiger partial charge in [-0.25, -0.2) is 4.79 Å². The molecule has 1 aromatic heterocycles. The van der Waals surface area contributed by atoms with Gasteiger partial charge in [-0.2, -0.15) is 5.26 Å². The molecule has 184 valence electrons. The van der Waals surface area contributed by atoms with Gasteiger partial charge in [0.05, 0.1) is 48.0 Å². The first-order valence-corrected chi connectivity index (χ1v) is 12.2. The summed E-state index contributed by atoms with van der Waals surface area (Å²) in [6.07, 6.45) is 1.72. The second-order valence-corrected chi connectivity index (χ2v) is 8.84. The number of esters is 1. The van der Waals surface area contributed by atoms with Crippen molar-refractivity contribution in [2.24, 2.45) is 5.73 Å². The SMILES string of the molecule is CCOc1ccc(/C=c2/sc3n(c2=O)C(N)=C(C#N)[C@H](c2ccc(OCC)cc2)C=3C(=O)OC)cc1. The third kappa shape index (κ3) is 4.51. The van der Waals surface area contributed by atoms with Gasteiger partial charge in [0, 0.05) is 0 Å². The number of nitrogens with zero attached hydrogens (tertiary/aromatic N) is 2. The average molecular weight is 504 g/mol. The largest absolute Gasteiger partial charge is 0.494 e. The number of allylic oxidation sites excluding steroid dienone is 1. The van der Waals surface area contributed by atoms with Crippen LogP contribution in [-0.4, -0.2) is 30.9 Å². The van der Waals surface area contributed by atoms with Crippen LogP contribution in [0.15, 0.2) is 58.9 Å². The summed E-state index contributed by atoms with van der Waals surface area (Å²) in [5, 5.41) is 10.0. The fourth-order valence-electron chi connectivity index (χ4n) is 4.09. The van der Waals surface area contributed by atoms with Gasteiger partial charge in [0.2, 0.25) is 0 Å². The predicted molar refractivity (Wildman–Crippen MR) is 138 cm³/mol. The Labute approximate surface area is 211 Å². The summed E-state index contributed by atoms with van der Waals surface area (Å²) in [6.45, 7) is 4.85. The molecule has 8 nitrogen and oxygen atoms in total. The molecule has 9 heteroatoms. The molecule has 3 aromatic rings. The summed E-state index contributed by atoms with van der Waals surface area (Å²) in [6, 6.07) is 16.5. The van der Waals surface area contributed by atoms with Crippen molar-refractivity contribution in [3.05, 3.63) is 84.8 Å². The Morgan fingerprint density at radius 2 is 1.67 bits per heavy atom. The fourth-order valence-corrected chi connectivity index (χ4v) is 5.25. The molecule has 0 spiro atoms. The second-order valence-electron chi connectivity index (χ2n) is 7.81. The summed E-state index contributed by atoms with van der Waals surface area (Å²) in [4.78, 5) is 26.4. The Kier molecular flexibility index (Phi) is 7.27. The van der Waals surface area contributed by atoms with Gasteiger partial charge in [0.15, 0.2) is 0 Å². The third-order valence-corrected chi connectivity index (χ3v) is 6.80. The Balaban J connectivity index is 1.96. The standard InChI is InChI=1S/C27H25N3O5S/c1-4-34-18-10-6-16(7-11-18)14-21-25(31)30-24(29)20(15-28)22(23(26(30)36-21)27(32)33-3)17-8-12-19(13-9-17)35-5-2/h6-14,22H,4-5,29H2,1-3H3/b21-14+/t22-/m0/s1. The van der Waals surface area contributed by atoms with Crippen molar-refractivity contribution in [1.29, 1.82) is 5.26 Å². The van der Waals surface area contributed by atoms with Crippen LogP contribution >= 0.6 is 11.3 Å². The lowest BCUT2D eigenvalue weighted by molar-refractivity contribution is -0.134. The van der Waals surface area contributed by atoms with E-state index in [1.807, 2.05) is 38.1 Å². The van der Waals surface area contributed by atoms with E-state index in [1.54, 1.807) is 30.3 Å². The fraction of sp³-hybridized carbons (Fsp3) is 0.222. The molecule has 1 aliphatic rings. The Bertz CT molecular complexity index is 1540. The Morgan fingerprint density at radius 1 is 1.08 bits per heavy atom. The molecule has 2 N–H and O–H groups in total. The highest BCUT2D eigenvalue weighted by Crippen LogP contribution is 2.37. The van der Waals surface area contributed by atoms with Crippen LogP contribution < -0.4 is 30.0 Å². The highest BCUT2D eigenvalue weighted by atomic mass is 32.1. The van der Waals surface area contributed by atoms with Crippen LogP contribution in [0.3, 0.4) is 0 Å². The number of thiazole rings is 1. The number of hydrogen-bond acceptors (Lipinski definition) is 8. The van der Waals surface area contributed by atoms with E-state index in [4.69, 9.17) is 19.9 Å². The van der Waals surface area contributed by atoms with Crippen LogP contribution in [0.25, 0.3) is 17.5 Å². The number of aromatic nitrogens is 1. The van der Waals surface area contributed by atoms with Crippen LogP contribution in [-0.2, 0) is 9.53 Å². The number of benzene rings is 2. The normalized spacial score (nSPS) is 15.3. The highest BCUT2D eigenvalue weighted by Gasteiger charge is 2.36. The van der Waals surface area contributed by atoms with E-state index in [-0.39, 0.29) is 17.0 Å². The Hall–Kier alpha value is -4.29. The van der Waals surface area contributed by atoms with Gasteiger partial charge in [-0.3, -0.25) is 9.36 Å². The molecule has 36 heavy (non-hydrogen) atoms. The Morgan fingerprint density at radius 3 is 2.19 bits per heavy atom. The lowest BCUT2D eigenvalue weighted by Crippen LogP contribution is -2.40. The number of rotatable bonds is 7. The first-order chi connectivity index (χ1) is 17.4. The zero-order chi connectivity index (χ0) is 25.8. The van der Waals surface area contributed by atoms with Crippen LogP contribution in [0.5, 0.6) is 11.5 Å². The molecule has 0 bridgehead atoms. The number of nitriles is 1. The number of ether oxygens (including phenoxy) is 3. The summed E-state index contributed by atoms with van der Waals surface area (Å²) in [5.41, 5.74) is 7.67. The summed E-state index contributed by atoms with van der Waals surface area (Å²) >= 11 is 1.13. The van der Waals surface area contributed by atoms with Gasteiger partial charge < -0.3 is 19.9 Å². The van der Waals surface area contributed by atoms with Crippen molar-refractivity contribution in [1.82, 2.24) is 4.57 Å². The van der Waals surface area contributed by atoms with Crippen molar-refractivity contribution in [3.8, 4) is 17.6 Å². The molecule has 4 rings (SSSR count). The van der Waals surface area contributed by atoms with E-state index in [2.05, 4.69) is 6.07 Å². The van der Waals surface area contributed by atoms with E-state index >= 15 is 0 Å².